The molecule has 10 nitrogen and oxygen atoms in total. The fourth-order valence-electron chi connectivity index (χ4n) is 2.63. The number of hydrogen-bond donors (Lipinski definition) is 3. The quantitative estimate of drug-likeness (QED) is 0.339. The third-order valence-electron chi connectivity index (χ3n) is 4.34. The predicted molar refractivity (Wildman–Crippen MR) is 123 cm³/mol. The number of nitrogens with one attached hydrogen (secondary N) is 3. The average molecular weight is 469 g/mol. The first-order valence-corrected chi connectivity index (χ1v) is 10.8. The van der Waals surface area contributed by atoms with Gasteiger partial charge in [-0.05, 0) is 49.2 Å². The predicted octanol–water partition coefficient (Wildman–Crippen LogP) is 2.37. The van der Waals surface area contributed by atoms with Crippen molar-refractivity contribution in [3.05, 3.63) is 65.7 Å². The molecule has 2 aromatic carbocycles. The van der Waals surface area contributed by atoms with Crippen LogP contribution in [0.4, 0.5) is 5.69 Å². The second-order valence-corrected chi connectivity index (χ2v) is 7.14. The Balaban J connectivity index is 1.60. The minimum absolute atomic E-state index is 0.0563. The number of carbonyl (C=O) groups excluding carboxylic acids is 5. The van der Waals surface area contributed by atoms with E-state index in [-0.39, 0.29) is 25.2 Å². The second-order valence-electron chi connectivity index (χ2n) is 7.14. The zero-order valence-electron chi connectivity index (χ0n) is 18.8. The fourth-order valence-corrected chi connectivity index (χ4v) is 2.63. The van der Waals surface area contributed by atoms with Crippen LogP contribution in [0.1, 0.15) is 53.3 Å². The number of benzene rings is 2. The molecule has 0 saturated heterocycles. The zero-order valence-corrected chi connectivity index (χ0v) is 18.8. The van der Waals surface area contributed by atoms with Crippen molar-refractivity contribution in [1.29, 1.82) is 0 Å². The second kappa shape index (κ2) is 14.0. The van der Waals surface area contributed by atoms with Crippen LogP contribution in [0, 0.1) is 0 Å². The lowest BCUT2D eigenvalue weighted by Gasteiger charge is -2.08. The number of amides is 3. The van der Waals surface area contributed by atoms with Gasteiger partial charge in [-0.3, -0.25) is 30.0 Å². The molecule has 0 saturated carbocycles. The molecule has 2 rings (SSSR count). The summed E-state index contributed by atoms with van der Waals surface area (Å²) in [5, 5.41) is 2.67. The van der Waals surface area contributed by atoms with Gasteiger partial charge < -0.3 is 14.8 Å². The lowest BCUT2D eigenvalue weighted by molar-refractivity contribution is -0.148. The Kier molecular flexibility index (Phi) is 10.8. The molecule has 0 aliphatic rings. The number of hydrazine groups is 1. The molecule has 10 heteroatoms. The molecule has 34 heavy (non-hydrogen) atoms. The summed E-state index contributed by atoms with van der Waals surface area (Å²) >= 11 is 0. The van der Waals surface area contributed by atoms with Crippen LogP contribution < -0.4 is 16.2 Å². The number of anilines is 1. The van der Waals surface area contributed by atoms with Crippen LogP contribution in [-0.2, 0) is 23.9 Å². The third-order valence-corrected chi connectivity index (χ3v) is 4.34. The number of rotatable bonds is 11. The topological polar surface area (TPSA) is 140 Å². The Morgan fingerprint density at radius 1 is 0.765 bits per heavy atom. The van der Waals surface area contributed by atoms with E-state index in [1.807, 2.05) is 6.92 Å². The Labute approximate surface area is 197 Å². The van der Waals surface area contributed by atoms with E-state index < -0.39 is 30.4 Å². The molecule has 0 fully saturated rings. The van der Waals surface area contributed by atoms with E-state index in [0.29, 0.717) is 23.4 Å². The van der Waals surface area contributed by atoms with Gasteiger partial charge in [0.15, 0.2) is 6.61 Å². The molecule has 0 heterocycles. The van der Waals surface area contributed by atoms with E-state index in [1.165, 1.54) is 0 Å². The van der Waals surface area contributed by atoms with Crippen LogP contribution in [0.15, 0.2) is 54.6 Å². The van der Waals surface area contributed by atoms with Crippen molar-refractivity contribution in [2.45, 2.75) is 32.6 Å². The van der Waals surface area contributed by atoms with Crippen molar-refractivity contribution < 1.29 is 33.4 Å². The average Bonchev–Trinajstić information content (AvgIpc) is 2.85. The van der Waals surface area contributed by atoms with E-state index in [9.17, 15) is 24.0 Å². The van der Waals surface area contributed by atoms with E-state index in [1.54, 1.807) is 54.6 Å². The van der Waals surface area contributed by atoms with Crippen molar-refractivity contribution in [2.75, 3.05) is 18.5 Å². The lowest BCUT2D eigenvalue weighted by Crippen LogP contribution is -2.43. The summed E-state index contributed by atoms with van der Waals surface area (Å²) in [6.45, 7) is 1.68. The standard InChI is InChI=1S/C24H27N3O7/c1-2-15-33-24(32)18-11-13-19(14-12-18)25-20(28)9-6-10-22(30)34-16-21(29)26-27-23(31)17-7-4-3-5-8-17/h3-5,7-8,11-14H,2,6,9-10,15-16H2,1H3,(H,25,28)(H,26,29)(H,27,31). The molecule has 0 atom stereocenters. The summed E-state index contributed by atoms with van der Waals surface area (Å²) in [6, 6.07) is 14.6. The van der Waals surface area contributed by atoms with Gasteiger partial charge in [-0.25, -0.2) is 4.79 Å². The Bertz CT molecular complexity index is 991. The van der Waals surface area contributed by atoms with Crippen LogP contribution in [0.25, 0.3) is 0 Å². The van der Waals surface area contributed by atoms with Gasteiger partial charge in [0.25, 0.3) is 11.8 Å². The highest BCUT2D eigenvalue weighted by atomic mass is 16.5. The zero-order chi connectivity index (χ0) is 24.8. The molecular weight excluding hydrogens is 442 g/mol. The van der Waals surface area contributed by atoms with E-state index in [0.717, 1.165) is 6.42 Å². The van der Waals surface area contributed by atoms with Gasteiger partial charge in [-0.2, -0.15) is 0 Å². The number of ether oxygens (including phenoxy) is 2. The summed E-state index contributed by atoms with van der Waals surface area (Å²) in [6.07, 6.45) is 0.958. The molecule has 3 amide bonds. The van der Waals surface area contributed by atoms with Gasteiger partial charge in [-0.15, -0.1) is 0 Å². The van der Waals surface area contributed by atoms with Gasteiger partial charge in [0.1, 0.15) is 0 Å². The van der Waals surface area contributed by atoms with Gasteiger partial charge in [0.05, 0.1) is 12.2 Å². The van der Waals surface area contributed by atoms with Crippen LogP contribution in [0.5, 0.6) is 0 Å². The molecular formula is C24H27N3O7. The number of carbonyl (C=O) groups is 5. The Hall–Kier alpha value is -4.21. The molecule has 0 radical (unpaired) electrons. The molecule has 0 bridgehead atoms. The number of hydrogen-bond acceptors (Lipinski definition) is 7. The Morgan fingerprint density at radius 2 is 1.47 bits per heavy atom. The van der Waals surface area contributed by atoms with Crippen molar-refractivity contribution in [1.82, 2.24) is 10.9 Å². The van der Waals surface area contributed by atoms with Crippen molar-refractivity contribution >= 4 is 35.3 Å². The normalized spacial score (nSPS) is 10.0. The minimum Gasteiger partial charge on any atom is -0.462 e. The maximum absolute atomic E-state index is 12.0. The molecule has 0 spiro atoms. The van der Waals surface area contributed by atoms with Crippen LogP contribution in [0.2, 0.25) is 0 Å². The molecule has 0 aliphatic heterocycles. The van der Waals surface area contributed by atoms with E-state index in [4.69, 9.17) is 9.47 Å². The molecule has 3 N–H and O–H groups in total. The van der Waals surface area contributed by atoms with Crippen molar-refractivity contribution in [3.63, 3.8) is 0 Å². The first-order chi connectivity index (χ1) is 16.4. The van der Waals surface area contributed by atoms with Crippen LogP contribution in [-0.4, -0.2) is 42.9 Å². The summed E-state index contributed by atoms with van der Waals surface area (Å²) < 4.78 is 9.86. The molecule has 0 aliphatic carbocycles. The van der Waals surface area contributed by atoms with Gasteiger partial charge in [0, 0.05) is 24.1 Å². The first kappa shape index (κ1) is 26.0. The smallest absolute Gasteiger partial charge is 0.338 e. The van der Waals surface area contributed by atoms with E-state index >= 15 is 0 Å². The van der Waals surface area contributed by atoms with Crippen LogP contribution in [0.3, 0.4) is 0 Å². The van der Waals surface area contributed by atoms with Gasteiger partial charge in [-0.1, -0.05) is 25.1 Å². The number of esters is 2. The minimum atomic E-state index is -0.697. The highest BCUT2D eigenvalue weighted by Crippen LogP contribution is 2.12. The monoisotopic (exact) mass is 469 g/mol. The lowest BCUT2D eigenvalue weighted by atomic mass is 10.2. The SMILES string of the molecule is CCCOC(=O)c1ccc(NC(=O)CCCC(=O)OCC(=O)NNC(=O)c2ccccc2)cc1. The third kappa shape index (κ3) is 9.51. The summed E-state index contributed by atoms with van der Waals surface area (Å²) in [5.41, 5.74) is 5.62. The summed E-state index contributed by atoms with van der Waals surface area (Å²) in [4.78, 5) is 59.1. The Morgan fingerprint density at radius 3 is 2.15 bits per heavy atom. The van der Waals surface area contributed by atoms with E-state index in [2.05, 4.69) is 16.2 Å². The molecule has 0 unspecified atom stereocenters. The first-order valence-electron chi connectivity index (χ1n) is 10.8. The highest BCUT2D eigenvalue weighted by molar-refractivity contribution is 5.95. The van der Waals surface area contributed by atoms with Gasteiger partial charge in [0.2, 0.25) is 5.91 Å². The summed E-state index contributed by atoms with van der Waals surface area (Å²) in [7, 11) is 0. The molecule has 180 valence electrons. The molecule has 2 aromatic rings. The maximum Gasteiger partial charge on any atom is 0.338 e. The largest absolute Gasteiger partial charge is 0.462 e. The van der Waals surface area contributed by atoms with Crippen LogP contribution >= 0.6 is 0 Å². The molecule has 0 aromatic heterocycles. The fraction of sp³-hybridized carbons (Fsp3) is 0.292. The van der Waals surface area contributed by atoms with Crippen molar-refractivity contribution in [2.24, 2.45) is 0 Å². The van der Waals surface area contributed by atoms with Gasteiger partial charge >= 0.3 is 11.9 Å². The highest BCUT2D eigenvalue weighted by Gasteiger charge is 2.11. The maximum atomic E-state index is 12.0. The summed E-state index contributed by atoms with van der Waals surface area (Å²) in [5.74, 6) is -2.58. The van der Waals surface area contributed by atoms with Crippen molar-refractivity contribution in [3.8, 4) is 0 Å².